The molecule has 2 heterocycles. The van der Waals surface area contributed by atoms with Gasteiger partial charge in [-0.2, -0.15) is 0 Å². The topological polar surface area (TPSA) is 66.5 Å². The van der Waals surface area contributed by atoms with Crippen molar-refractivity contribution in [2.75, 3.05) is 13.1 Å². The Morgan fingerprint density at radius 1 is 1.53 bits per heavy atom. The molecule has 1 unspecified atom stereocenters. The second kappa shape index (κ2) is 3.18. The fourth-order valence-corrected chi connectivity index (χ4v) is 3.62. The monoisotopic (exact) mass is 232 g/mol. The van der Waals surface area contributed by atoms with Crippen molar-refractivity contribution in [2.45, 2.75) is 37.5 Å². The quantitative estimate of drug-likeness (QED) is 0.709. The fraction of sp³-hybridized carbons (Fsp3) is 0.889. The molecule has 0 aliphatic carbocycles. The number of carbonyl (C=O) groups is 1. The van der Waals surface area contributed by atoms with E-state index in [0.29, 0.717) is 6.54 Å². The third kappa shape index (κ3) is 1.38. The first-order valence-corrected chi connectivity index (χ1v) is 6.61. The lowest BCUT2D eigenvalue weighted by molar-refractivity contribution is -0.132. The van der Waals surface area contributed by atoms with Gasteiger partial charge in [0, 0.05) is 6.04 Å². The van der Waals surface area contributed by atoms with Crippen molar-refractivity contribution in [2.24, 2.45) is 0 Å². The molecule has 2 aliphatic heterocycles. The van der Waals surface area contributed by atoms with Crippen molar-refractivity contribution in [3.05, 3.63) is 0 Å². The number of rotatable bonds is 2. The molecule has 1 amide bonds. The third-order valence-corrected chi connectivity index (χ3v) is 5.58. The van der Waals surface area contributed by atoms with Crippen LogP contribution in [0.15, 0.2) is 0 Å². The van der Waals surface area contributed by atoms with Gasteiger partial charge in [-0.15, -0.1) is 0 Å². The van der Waals surface area contributed by atoms with Crippen molar-refractivity contribution in [1.82, 2.24) is 9.62 Å². The molecule has 0 aromatic carbocycles. The standard InChI is InChI=1S/C9H16N2O3S/c1-9(2)8(12)11(15(9,13)14)6-7-4-3-5-10-7/h7,10H,3-6H2,1-2H3. The Balaban J connectivity index is 2.09. The zero-order chi connectivity index (χ0) is 11.3. The normalized spacial score (nSPS) is 32.8. The SMILES string of the molecule is CC1(C)C(=O)N(CC2CCCN2)S1(=O)=O. The molecule has 2 fully saturated rings. The molecule has 5 nitrogen and oxygen atoms in total. The number of nitrogens with zero attached hydrogens (tertiary/aromatic N) is 1. The third-order valence-electron chi connectivity index (χ3n) is 3.23. The number of nitrogens with one attached hydrogen (secondary N) is 1. The molecular weight excluding hydrogens is 216 g/mol. The Labute approximate surface area is 89.9 Å². The van der Waals surface area contributed by atoms with Crippen LogP contribution in [0.1, 0.15) is 26.7 Å². The molecule has 0 spiro atoms. The molecule has 86 valence electrons. The summed E-state index contributed by atoms with van der Waals surface area (Å²) in [4.78, 5) is 11.6. The van der Waals surface area contributed by atoms with Crippen molar-refractivity contribution in [1.29, 1.82) is 0 Å². The van der Waals surface area contributed by atoms with Gasteiger partial charge in [-0.3, -0.25) is 4.79 Å². The molecule has 2 aliphatic rings. The van der Waals surface area contributed by atoms with E-state index in [9.17, 15) is 13.2 Å². The first-order chi connectivity index (χ1) is 6.87. The van der Waals surface area contributed by atoms with Crippen LogP contribution in [0.25, 0.3) is 0 Å². The first kappa shape index (κ1) is 10.9. The van der Waals surface area contributed by atoms with Crippen LogP contribution in [-0.4, -0.2) is 42.5 Å². The highest BCUT2D eigenvalue weighted by molar-refractivity contribution is 7.94. The van der Waals surface area contributed by atoms with Gasteiger partial charge in [-0.05, 0) is 33.2 Å². The maximum absolute atomic E-state index is 11.7. The molecule has 0 saturated carbocycles. The second-order valence-electron chi connectivity index (χ2n) is 4.64. The summed E-state index contributed by atoms with van der Waals surface area (Å²) in [7, 11) is -3.39. The van der Waals surface area contributed by atoms with Gasteiger partial charge in [0.2, 0.25) is 0 Å². The number of carbonyl (C=O) groups excluding carboxylic acids is 1. The molecule has 0 radical (unpaired) electrons. The van der Waals surface area contributed by atoms with Gasteiger partial charge in [0.1, 0.15) is 0 Å². The largest absolute Gasteiger partial charge is 0.312 e. The van der Waals surface area contributed by atoms with E-state index in [2.05, 4.69) is 5.32 Å². The van der Waals surface area contributed by atoms with E-state index in [1.165, 1.54) is 13.8 Å². The smallest absolute Gasteiger partial charge is 0.258 e. The van der Waals surface area contributed by atoms with Crippen LogP contribution in [0.5, 0.6) is 0 Å². The van der Waals surface area contributed by atoms with Crippen LogP contribution in [-0.2, 0) is 14.8 Å². The Morgan fingerprint density at radius 2 is 2.20 bits per heavy atom. The molecule has 2 saturated heterocycles. The summed E-state index contributed by atoms with van der Waals surface area (Å²) in [5, 5.41) is 3.18. The maximum Gasteiger partial charge on any atom is 0.258 e. The molecule has 1 N–H and O–H groups in total. The van der Waals surface area contributed by atoms with E-state index < -0.39 is 14.8 Å². The highest BCUT2D eigenvalue weighted by Crippen LogP contribution is 2.35. The van der Waals surface area contributed by atoms with E-state index >= 15 is 0 Å². The Kier molecular flexibility index (Phi) is 2.31. The van der Waals surface area contributed by atoms with Crippen LogP contribution >= 0.6 is 0 Å². The van der Waals surface area contributed by atoms with Crippen molar-refractivity contribution in [3.63, 3.8) is 0 Å². The predicted octanol–water partition coefficient (Wildman–Crippen LogP) is -0.311. The van der Waals surface area contributed by atoms with Gasteiger partial charge in [-0.25, -0.2) is 12.7 Å². The summed E-state index contributed by atoms with van der Waals surface area (Å²) in [6.07, 6.45) is 2.00. The summed E-state index contributed by atoms with van der Waals surface area (Å²) < 4.78 is 23.3. The van der Waals surface area contributed by atoms with Crippen molar-refractivity contribution in [3.8, 4) is 0 Å². The fourth-order valence-electron chi connectivity index (χ4n) is 2.05. The summed E-state index contributed by atoms with van der Waals surface area (Å²) >= 11 is 0. The lowest BCUT2D eigenvalue weighted by atomic mass is 10.1. The van der Waals surface area contributed by atoms with Gasteiger partial charge in [0.25, 0.3) is 15.9 Å². The second-order valence-corrected chi connectivity index (χ2v) is 7.06. The average molecular weight is 232 g/mol. The lowest BCUT2D eigenvalue weighted by Crippen LogP contribution is -2.68. The number of hydrogen-bond donors (Lipinski definition) is 1. The lowest BCUT2D eigenvalue weighted by Gasteiger charge is -2.44. The zero-order valence-corrected chi connectivity index (χ0v) is 9.80. The minimum atomic E-state index is -3.39. The molecule has 6 heteroatoms. The summed E-state index contributed by atoms with van der Waals surface area (Å²) in [6.45, 7) is 4.13. The Hall–Kier alpha value is -0.620. The molecule has 0 aromatic heterocycles. The van der Waals surface area contributed by atoms with Crippen molar-refractivity contribution >= 4 is 15.9 Å². The average Bonchev–Trinajstić information content (AvgIpc) is 2.65. The minimum absolute atomic E-state index is 0.139. The molecule has 1 atom stereocenters. The van der Waals surface area contributed by atoms with Gasteiger partial charge >= 0.3 is 0 Å². The summed E-state index contributed by atoms with van der Waals surface area (Å²) in [5.41, 5.74) is 0. The Morgan fingerprint density at radius 3 is 2.67 bits per heavy atom. The first-order valence-electron chi connectivity index (χ1n) is 5.17. The maximum atomic E-state index is 11.7. The van der Waals surface area contributed by atoms with Crippen LogP contribution in [0.2, 0.25) is 0 Å². The van der Waals surface area contributed by atoms with E-state index in [4.69, 9.17) is 0 Å². The van der Waals surface area contributed by atoms with E-state index in [-0.39, 0.29) is 11.9 Å². The van der Waals surface area contributed by atoms with E-state index in [1.54, 1.807) is 0 Å². The number of hydrogen-bond acceptors (Lipinski definition) is 4. The van der Waals surface area contributed by atoms with E-state index in [1.807, 2.05) is 0 Å². The number of amides is 1. The Bertz CT molecular complexity index is 382. The number of sulfonamides is 1. The van der Waals surface area contributed by atoms with Gasteiger partial charge < -0.3 is 5.32 Å². The van der Waals surface area contributed by atoms with Gasteiger partial charge in [0.15, 0.2) is 4.75 Å². The van der Waals surface area contributed by atoms with Crippen molar-refractivity contribution < 1.29 is 13.2 Å². The van der Waals surface area contributed by atoms with Gasteiger partial charge in [0.05, 0.1) is 6.54 Å². The highest BCUT2D eigenvalue weighted by atomic mass is 32.2. The molecule has 0 bridgehead atoms. The van der Waals surface area contributed by atoms with Crippen LogP contribution < -0.4 is 5.32 Å². The van der Waals surface area contributed by atoms with Gasteiger partial charge in [-0.1, -0.05) is 0 Å². The van der Waals surface area contributed by atoms with Crippen LogP contribution in [0.3, 0.4) is 0 Å². The molecular formula is C9H16N2O3S. The predicted molar refractivity (Wildman–Crippen MR) is 55.7 cm³/mol. The highest BCUT2D eigenvalue weighted by Gasteiger charge is 2.60. The summed E-state index contributed by atoms with van der Waals surface area (Å²) in [6, 6.07) is 0.139. The zero-order valence-electron chi connectivity index (χ0n) is 8.99. The molecule has 2 rings (SSSR count). The summed E-state index contributed by atoms with van der Waals surface area (Å²) in [5.74, 6) is -0.281. The molecule has 15 heavy (non-hydrogen) atoms. The van der Waals surface area contributed by atoms with Crippen LogP contribution in [0, 0.1) is 0 Å². The van der Waals surface area contributed by atoms with E-state index in [0.717, 1.165) is 23.7 Å². The minimum Gasteiger partial charge on any atom is -0.312 e. The van der Waals surface area contributed by atoms with Crippen LogP contribution in [0.4, 0.5) is 0 Å². The molecule has 0 aromatic rings.